The van der Waals surface area contributed by atoms with Crippen LogP contribution in [-0.4, -0.2) is 21.3 Å². The highest BCUT2D eigenvalue weighted by molar-refractivity contribution is 5.61. The zero-order valence-corrected chi connectivity index (χ0v) is 14.2. The average molecular weight is 339 g/mol. The van der Waals surface area contributed by atoms with Gasteiger partial charge in [-0.25, -0.2) is 9.37 Å². The first-order chi connectivity index (χ1) is 12.2. The first-order valence-corrected chi connectivity index (χ1v) is 8.36. The fourth-order valence-electron chi connectivity index (χ4n) is 2.54. The lowest BCUT2D eigenvalue weighted by molar-refractivity contribution is 0.590. The SMILES string of the molecule is Cc1ccc(NCc2ccc(F)cc2)cc1NCCCn1cncn1. The predicted octanol–water partition coefficient (Wildman–Crippen LogP) is 3.84. The fourth-order valence-corrected chi connectivity index (χ4v) is 2.54. The average Bonchev–Trinajstić information content (AvgIpc) is 3.14. The van der Waals surface area contributed by atoms with E-state index in [1.54, 1.807) is 24.8 Å². The van der Waals surface area contributed by atoms with Crippen LogP contribution < -0.4 is 10.6 Å². The van der Waals surface area contributed by atoms with Crippen molar-refractivity contribution in [2.75, 3.05) is 17.2 Å². The zero-order chi connectivity index (χ0) is 17.5. The zero-order valence-electron chi connectivity index (χ0n) is 14.2. The Balaban J connectivity index is 1.51. The van der Waals surface area contributed by atoms with Crippen molar-refractivity contribution >= 4 is 11.4 Å². The summed E-state index contributed by atoms with van der Waals surface area (Å²) in [4.78, 5) is 3.94. The second-order valence-corrected chi connectivity index (χ2v) is 5.95. The maximum absolute atomic E-state index is 12.9. The molecule has 5 nitrogen and oxygen atoms in total. The molecule has 0 fully saturated rings. The first-order valence-electron chi connectivity index (χ1n) is 8.36. The summed E-state index contributed by atoms with van der Waals surface area (Å²) in [5.41, 5.74) is 4.40. The second kappa shape index (κ2) is 8.28. The Morgan fingerprint density at radius 1 is 1.08 bits per heavy atom. The van der Waals surface area contributed by atoms with Crippen molar-refractivity contribution in [3.05, 3.63) is 72.1 Å². The topological polar surface area (TPSA) is 54.8 Å². The fraction of sp³-hybridized carbons (Fsp3) is 0.263. The molecule has 25 heavy (non-hydrogen) atoms. The highest BCUT2D eigenvalue weighted by Gasteiger charge is 2.01. The van der Waals surface area contributed by atoms with Crippen molar-refractivity contribution < 1.29 is 4.39 Å². The molecule has 1 heterocycles. The van der Waals surface area contributed by atoms with Gasteiger partial charge in [0.25, 0.3) is 0 Å². The molecule has 0 unspecified atom stereocenters. The molecule has 0 spiro atoms. The smallest absolute Gasteiger partial charge is 0.137 e. The van der Waals surface area contributed by atoms with Gasteiger partial charge >= 0.3 is 0 Å². The number of nitrogens with zero attached hydrogens (tertiary/aromatic N) is 3. The van der Waals surface area contributed by atoms with Crippen LogP contribution in [0.1, 0.15) is 17.5 Å². The van der Waals surface area contributed by atoms with Gasteiger partial charge in [-0.2, -0.15) is 5.10 Å². The molecule has 0 saturated carbocycles. The van der Waals surface area contributed by atoms with Gasteiger partial charge in [0, 0.05) is 31.0 Å². The van der Waals surface area contributed by atoms with E-state index < -0.39 is 0 Å². The number of hydrogen-bond donors (Lipinski definition) is 2. The van der Waals surface area contributed by atoms with Crippen LogP contribution in [0, 0.1) is 12.7 Å². The van der Waals surface area contributed by atoms with Crippen molar-refractivity contribution in [1.82, 2.24) is 14.8 Å². The summed E-state index contributed by atoms with van der Waals surface area (Å²) in [7, 11) is 0. The number of aromatic nitrogens is 3. The lowest BCUT2D eigenvalue weighted by Crippen LogP contribution is -2.08. The summed E-state index contributed by atoms with van der Waals surface area (Å²) in [5.74, 6) is -0.212. The van der Waals surface area contributed by atoms with E-state index in [1.807, 2.05) is 4.68 Å². The lowest BCUT2D eigenvalue weighted by Gasteiger charge is -2.13. The summed E-state index contributed by atoms with van der Waals surface area (Å²) in [6.45, 7) is 4.45. The van der Waals surface area contributed by atoms with E-state index in [2.05, 4.69) is 45.8 Å². The third-order valence-electron chi connectivity index (χ3n) is 3.99. The number of benzene rings is 2. The predicted molar refractivity (Wildman–Crippen MR) is 98.0 cm³/mol. The minimum atomic E-state index is -0.212. The highest BCUT2D eigenvalue weighted by Crippen LogP contribution is 2.21. The first kappa shape index (κ1) is 17.0. The Kier molecular flexibility index (Phi) is 5.61. The van der Waals surface area contributed by atoms with Gasteiger partial charge in [0.05, 0.1) is 0 Å². The van der Waals surface area contributed by atoms with Crippen molar-refractivity contribution in [1.29, 1.82) is 0 Å². The van der Waals surface area contributed by atoms with Crippen LogP contribution in [0.3, 0.4) is 0 Å². The number of halogens is 1. The van der Waals surface area contributed by atoms with E-state index in [9.17, 15) is 4.39 Å². The molecular formula is C19H22FN5. The second-order valence-electron chi connectivity index (χ2n) is 5.95. The van der Waals surface area contributed by atoms with Crippen LogP contribution in [0.25, 0.3) is 0 Å². The molecular weight excluding hydrogens is 317 g/mol. The Labute approximate surface area is 146 Å². The van der Waals surface area contributed by atoms with Gasteiger partial charge < -0.3 is 10.6 Å². The van der Waals surface area contributed by atoms with Gasteiger partial charge in [-0.3, -0.25) is 4.68 Å². The minimum absolute atomic E-state index is 0.212. The summed E-state index contributed by atoms with van der Waals surface area (Å²) >= 11 is 0. The van der Waals surface area contributed by atoms with E-state index in [0.717, 1.165) is 36.4 Å². The molecule has 0 aliphatic carbocycles. The Morgan fingerprint density at radius 2 is 1.92 bits per heavy atom. The highest BCUT2D eigenvalue weighted by atomic mass is 19.1. The molecule has 6 heteroatoms. The van der Waals surface area contributed by atoms with E-state index >= 15 is 0 Å². The number of rotatable bonds is 8. The van der Waals surface area contributed by atoms with Gasteiger partial charge in [0.2, 0.25) is 0 Å². The van der Waals surface area contributed by atoms with Crippen molar-refractivity contribution in [2.24, 2.45) is 0 Å². The maximum atomic E-state index is 12.9. The molecule has 0 radical (unpaired) electrons. The number of aryl methyl sites for hydroxylation is 2. The van der Waals surface area contributed by atoms with Gasteiger partial charge in [0.1, 0.15) is 18.5 Å². The van der Waals surface area contributed by atoms with Crippen LogP contribution in [-0.2, 0) is 13.1 Å². The van der Waals surface area contributed by atoms with E-state index in [4.69, 9.17) is 0 Å². The van der Waals surface area contributed by atoms with Crippen LogP contribution in [0.5, 0.6) is 0 Å². The minimum Gasteiger partial charge on any atom is -0.385 e. The Morgan fingerprint density at radius 3 is 2.68 bits per heavy atom. The van der Waals surface area contributed by atoms with Gasteiger partial charge in [0.15, 0.2) is 0 Å². The van der Waals surface area contributed by atoms with E-state index in [1.165, 1.54) is 17.7 Å². The van der Waals surface area contributed by atoms with Crippen LogP contribution >= 0.6 is 0 Å². The van der Waals surface area contributed by atoms with E-state index in [0.29, 0.717) is 6.54 Å². The third kappa shape index (κ3) is 5.04. The van der Waals surface area contributed by atoms with Crippen LogP contribution in [0.15, 0.2) is 55.1 Å². The summed E-state index contributed by atoms with van der Waals surface area (Å²) in [5, 5.41) is 10.9. The Hall–Kier alpha value is -2.89. The van der Waals surface area contributed by atoms with Crippen molar-refractivity contribution in [3.8, 4) is 0 Å². The van der Waals surface area contributed by atoms with Crippen LogP contribution in [0.2, 0.25) is 0 Å². The van der Waals surface area contributed by atoms with Crippen molar-refractivity contribution in [3.63, 3.8) is 0 Å². The number of hydrogen-bond acceptors (Lipinski definition) is 4. The lowest BCUT2D eigenvalue weighted by atomic mass is 10.1. The van der Waals surface area contributed by atoms with Gasteiger partial charge in [-0.1, -0.05) is 18.2 Å². The molecule has 0 amide bonds. The molecule has 3 rings (SSSR count). The number of anilines is 2. The third-order valence-corrected chi connectivity index (χ3v) is 3.99. The van der Waals surface area contributed by atoms with Gasteiger partial charge in [-0.05, 0) is 48.7 Å². The summed E-state index contributed by atoms with van der Waals surface area (Å²) < 4.78 is 14.8. The molecule has 0 bridgehead atoms. The molecule has 0 aliphatic rings. The number of nitrogens with one attached hydrogen (secondary N) is 2. The molecule has 0 atom stereocenters. The standard InChI is InChI=1S/C19H22FN5/c1-15-3-8-18(23-12-16-4-6-17(20)7-5-16)11-19(15)22-9-2-10-25-14-21-13-24-25/h3-8,11,13-14,22-23H,2,9-10,12H2,1H3. The maximum Gasteiger partial charge on any atom is 0.137 e. The molecule has 130 valence electrons. The normalized spacial score (nSPS) is 10.6. The van der Waals surface area contributed by atoms with Crippen LogP contribution in [0.4, 0.5) is 15.8 Å². The molecule has 3 aromatic rings. The molecule has 0 saturated heterocycles. The summed E-state index contributed by atoms with van der Waals surface area (Å²) in [6.07, 6.45) is 4.25. The molecule has 1 aromatic heterocycles. The summed E-state index contributed by atoms with van der Waals surface area (Å²) in [6, 6.07) is 12.8. The molecule has 0 aliphatic heterocycles. The monoisotopic (exact) mass is 339 g/mol. The van der Waals surface area contributed by atoms with E-state index in [-0.39, 0.29) is 5.82 Å². The Bertz CT molecular complexity index is 784. The molecule has 2 aromatic carbocycles. The molecule has 2 N–H and O–H groups in total. The quantitative estimate of drug-likeness (QED) is 0.612. The van der Waals surface area contributed by atoms with Gasteiger partial charge in [-0.15, -0.1) is 0 Å². The largest absolute Gasteiger partial charge is 0.385 e. The van der Waals surface area contributed by atoms with Crippen molar-refractivity contribution in [2.45, 2.75) is 26.4 Å².